The van der Waals surface area contributed by atoms with Gasteiger partial charge in [-0.1, -0.05) is 29.8 Å². The fourth-order valence-corrected chi connectivity index (χ4v) is 2.69. The van der Waals surface area contributed by atoms with Crippen LogP contribution in [0.5, 0.6) is 0 Å². The lowest BCUT2D eigenvalue weighted by Gasteiger charge is -2.30. The van der Waals surface area contributed by atoms with E-state index in [2.05, 4.69) is 55.3 Å². The van der Waals surface area contributed by atoms with Crippen LogP contribution in [-0.4, -0.2) is 43.8 Å². The van der Waals surface area contributed by atoms with E-state index in [1.54, 1.807) is 0 Å². The van der Waals surface area contributed by atoms with Crippen molar-refractivity contribution in [1.82, 2.24) is 10.2 Å². The topological polar surface area (TPSA) is 24.5 Å². The number of ether oxygens (including phenoxy) is 1. The van der Waals surface area contributed by atoms with Gasteiger partial charge in [-0.25, -0.2) is 0 Å². The molecule has 1 aromatic carbocycles. The summed E-state index contributed by atoms with van der Waals surface area (Å²) in [5.41, 5.74) is 2.70. The lowest BCUT2D eigenvalue weighted by Crippen LogP contribution is -2.44. The van der Waals surface area contributed by atoms with Crippen LogP contribution in [0.25, 0.3) is 0 Å². The molecule has 0 aliphatic carbocycles. The molecule has 1 aromatic rings. The number of morpholine rings is 1. The maximum Gasteiger partial charge on any atom is 0.0594 e. The van der Waals surface area contributed by atoms with Crippen LogP contribution >= 0.6 is 0 Å². The van der Waals surface area contributed by atoms with Crippen LogP contribution in [0.2, 0.25) is 0 Å². The molecule has 0 spiro atoms. The standard InChI is InChI=1S/C16H26N2O/c1-13-5-4-6-16(11-13)15(3)17-14(2)12-18-7-9-19-10-8-18/h4-6,11,14-15,17H,7-10,12H2,1-3H3. The lowest BCUT2D eigenvalue weighted by atomic mass is 10.1. The average Bonchev–Trinajstić information content (AvgIpc) is 2.39. The highest BCUT2D eigenvalue weighted by molar-refractivity contribution is 5.24. The van der Waals surface area contributed by atoms with Crippen LogP contribution in [0.4, 0.5) is 0 Å². The van der Waals surface area contributed by atoms with Crippen LogP contribution < -0.4 is 5.32 Å². The largest absolute Gasteiger partial charge is 0.379 e. The van der Waals surface area contributed by atoms with Gasteiger partial charge < -0.3 is 10.1 Å². The van der Waals surface area contributed by atoms with Gasteiger partial charge >= 0.3 is 0 Å². The molecule has 1 aliphatic heterocycles. The Hall–Kier alpha value is -0.900. The predicted molar refractivity (Wildman–Crippen MR) is 79.5 cm³/mol. The zero-order chi connectivity index (χ0) is 13.7. The molecule has 1 aliphatic rings. The van der Waals surface area contributed by atoms with Crippen LogP contribution in [0.3, 0.4) is 0 Å². The molecule has 3 nitrogen and oxygen atoms in total. The van der Waals surface area contributed by atoms with Gasteiger partial charge in [-0.2, -0.15) is 0 Å². The number of hydrogen-bond acceptors (Lipinski definition) is 3. The van der Waals surface area contributed by atoms with E-state index in [1.165, 1.54) is 11.1 Å². The molecule has 0 bridgehead atoms. The van der Waals surface area contributed by atoms with Crippen LogP contribution in [0.1, 0.15) is 31.0 Å². The molecule has 1 saturated heterocycles. The number of nitrogens with one attached hydrogen (secondary N) is 1. The van der Waals surface area contributed by atoms with Gasteiger partial charge in [0.05, 0.1) is 13.2 Å². The molecular weight excluding hydrogens is 236 g/mol. The van der Waals surface area contributed by atoms with Crippen molar-refractivity contribution in [2.24, 2.45) is 0 Å². The second-order valence-corrected chi connectivity index (χ2v) is 5.62. The number of rotatable bonds is 5. The maximum atomic E-state index is 5.38. The molecular formula is C16H26N2O. The molecule has 2 unspecified atom stereocenters. The molecule has 0 aromatic heterocycles. The molecule has 19 heavy (non-hydrogen) atoms. The minimum Gasteiger partial charge on any atom is -0.379 e. The average molecular weight is 262 g/mol. The smallest absolute Gasteiger partial charge is 0.0594 e. The van der Waals surface area contributed by atoms with E-state index in [4.69, 9.17) is 4.74 Å². The minimum atomic E-state index is 0.399. The number of benzene rings is 1. The molecule has 1 fully saturated rings. The molecule has 1 N–H and O–H groups in total. The second kappa shape index (κ2) is 7.04. The molecule has 0 amide bonds. The first-order valence-corrected chi connectivity index (χ1v) is 7.28. The summed E-state index contributed by atoms with van der Waals surface area (Å²) < 4.78 is 5.38. The van der Waals surface area contributed by atoms with Crippen molar-refractivity contribution >= 4 is 0 Å². The highest BCUT2D eigenvalue weighted by Crippen LogP contribution is 2.14. The zero-order valence-electron chi connectivity index (χ0n) is 12.4. The number of aryl methyl sites for hydroxylation is 1. The highest BCUT2D eigenvalue weighted by Gasteiger charge is 2.15. The van der Waals surface area contributed by atoms with E-state index in [9.17, 15) is 0 Å². The normalized spacial score (nSPS) is 20.2. The van der Waals surface area contributed by atoms with E-state index >= 15 is 0 Å². The van der Waals surface area contributed by atoms with Gasteiger partial charge in [0.2, 0.25) is 0 Å². The van der Waals surface area contributed by atoms with Crippen molar-refractivity contribution in [1.29, 1.82) is 0 Å². The summed E-state index contributed by atoms with van der Waals surface area (Å²) in [5, 5.41) is 3.69. The first kappa shape index (κ1) is 14.5. The summed E-state index contributed by atoms with van der Waals surface area (Å²) in [5.74, 6) is 0. The van der Waals surface area contributed by atoms with Crippen LogP contribution in [0, 0.1) is 6.92 Å². The molecule has 106 valence electrons. The Kier molecular flexibility index (Phi) is 5.37. The van der Waals surface area contributed by atoms with E-state index in [0.717, 1.165) is 32.8 Å². The van der Waals surface area contributed by atoms with Crippen LogP contribution in [0.15, 0.2) is 24.3 Å². The first-order valence-electron chi connectivity index (χ1n) is 7.28. The fourth-order valence-electron chi connectivity index (χ4n) is 2.69. The Labute approximate surface area is 116 Å². The van der Waals surface area contributed by atoms with Crippen molar-refractivity contribution in [3.63, 3.8) is 0 Å². The Bertz CT molecular complexity index is 388. The molecule has 1 heterocycles. The lowest BCUT2D eigenvalue weighted by molar-refractivity contribution is 0.0339. The Morgan fingerprint density at radius 1 is 1.26 bits per heavy atom. The van der Waals surface area contributed by atoms with Gasteiger partial charge in [0.1, 0.15) is 0 Å². The van der Waals surface area contributed by atoms with E-state index < -0.39 is 0 Å². The van der Waals surface area contributed by atoms with Crippen molar-refractivity contribution in [2.45, 2.75) is 32.9 Å². The van der Waals surface area contributed by atoms with Crippen molar-refractivity contribution in [2.75, 3.05) is 32.8 Å². The first-order chi connectivity index (χ1) is 9.15. The minimum absolute atomic E-state index is 0.399. The molecule has 2 rings (SSSR count). The summed E-state index contributed by atoms with van der Waals surface area (Å²) >= 11 is 0. The van der Waals surface area contributed by atoms with E-state index in [1.807, 2.05) is 0 Å². The number of hydrogen-bond donors (Lipinski definition) is 1. The van der Waals surface area contributed by atoms with Gasteiger partial charge in [-0.15, -0.1) is 0 Å². The molecule has 0 saturated carbocycles. The second-order valence-electron chi connectivity index (χ2n) is 5.62. The van der Waals surface area contributed by atoms with Crippen molar-refractivity contribution in [3.8, 4) is 0 Å². The monoisotopic (exact) mass is 262 g/mol. The summed E-state index contributed by atoms with van der Waals surface area (Å²) in [6, 6.07) is 9.64. The summed E-state index contributed by atoms with van der Waals surface area (Å²) in [6.07, 6.45) is 0. The summed E-state index contributed by atoms with van der Waals surface area (Å²) in [7, 11) is 0. The molecule has 3 heteroatoms. The van der Waals surface area contributed by atoms with E-state index in [-0.39, 0.29) is 0 Å². The van der Waals surface area contributed by atoms with Crippen molar-refractivity contribution in [3.05, 3.63) is 35.4 Å². The van der Waals surface area contributed by atoms with E-state index in [0.29, 0.717) is 12.1 Å². The Morgan fingerprint density at radius 3 is 2.68 bits per heavy atom. The van der Waals surface area contributed by atoms with Gasteiger partial charge in [-0.05, 0) is 26.3 Å². The Balaban J connectivity index is 1.82. The molecule has 2 atom stereocenters. The SMILES string of the molecule is Cc1cccc(C(C)NC(C)CN2CCOCC2)c1. The van der Waals surface area contributed by atoms with Gasteiger partial charge in [0.15, 0.2) is 0 Å². The third-order valence-electron chi connectivity index (χ3n) is 3.71. The summed E-state index contributed by atoms with van der Waals surface area (Å²) in [6.45, 7) is 11.6. The molecule has 0 radical (unpaired) electrons. The quantitative estimate of drug-likeness (QED) is 0.881. The maximum absolute atomic E-state index is 5.38. The van der Waals surface area contributed by atoms with Gasteiger partial charge in [0, 0.05) is 31.7 Å². The third kappa shape index (κ3) is 4.60. The third-order valence-corrected chi connectivity index (χ3v) is 3.71. The predicted octanol–water partition coefficient (Wildman–Crippen LogP) is 2.37. The Morgan fingerprint density at radius 2 is 2.00 bits per heavy atom. The number of nitrogens with zero attached hydrogens (tertiary/aromatic N) is 1. The van der Waals surface area contributed by atoms with Crippen molar-refractivity contribution < 1.29 is 4.74 Å². The van der Waals surface area contributed by atoms with Crippen LogP contribution in [-0.2, 0) is 4.74 Å². The zero-order valence-corrected chi connectivity index (χ0v) is 12.4. The van der Waals surface area contributed by atoms with Gasteiger partial charge in [0.25, 0.3) is 0 Å². The fraction of sp³-hybridized carbons (Fsp3) is 0.625. The van der Waals surface area contributed by atoms with Gasteiger partial charge in [-0.3, -0.25) is 4.90 Å². The highest BCUT2D eigenvalue weighted by atomic mass is 16.5. The summed E-state index contributed by atoms with van der Waals surface area (Å²) in [4.78, 5) is 2.48.